The van der Waals surface area contributed by atoms with Crippen molar-refractivity contribution in [3.05, 3.63) is 54.1 Å². The molecular weight excluding hydrogens is 324 g/mol. The van der Waals surface area contributed by atoms with Gasteiger partial charge >= 0.3 is 0 Å². The molecule has 0 heterocycles. The molecule has 24 heavy (non-hydrogen) atoms. The number of nitrogens with one attached hydrogen (secondary N) is 1. The normalized spacial score (nSPS) is 10.6. The van der Waals surface area contributed by atoms with Crippen LogP contribution in [0.4, 0.5) is 0 Å². The standard InChI is InChI=1S/C18H20N2O3S/c1-22-16-9-8-14(12-17(16)23-2)13-19-20-18(21)10-11-24-15-6-4-3-5-7-15/h3-9,12-13H,10-11H2,1-2H3,(H,20,21)/b19-13+. The summed E-state index contributed by atoms with van der Waals surface area (Å²) < 4.78 is 10.4. The van der Waals surface area contributed by atoms with Gasteiger partial charge in [0.25, 0.3) is 0 Å². The SMILES string of the molecule is COc1ccc(/C=N/NC(=O)CCSc2ccccc2)cc1OC. The zero-order valence-electron chi connectivity index (χ0n) is 13.7. The number of hydrogen-bond donors (Lipinski definition) is 1. The van der Waals surface area contributed by atoms with E-state index < -0.39 is 0 Å². The van der Waals surface area contributed by atoms with Crippen molar-refractivity contribution in [2.75, 3.05) is 20.0 Å². The Hall–Kier alpha value is -2.47. The maximum Gasteiger partial charge on any atom is 0.240 e. The largest absolute Gasteiger partial charge is 0.493 e. The van der Waals surface area contributed by atoms with Gasteiger partial charge in [0, 0.05) is 17.1 Å². The Kier molecular flexibility index (Phi) is 7.17. The molecule has 126 valence electrons. The second kappa shape index (κ2) is 9.62. The van der Waals surface area contributed by atoms with Crippen LogP contribution in [-0.2, 0) is 4.79 Å². The van der Waals surface area contributed by atoms with Gasteiger partial charge in [0.05, 0.1) is 20.4 Å². The number of carbonyl (C=O) groups excluding carboxylic acids is 1. The van der Waals surface area contributed by atoms with Crippen LogP contribution in [0.25, 0.3) is 0 Å². The molecular formula is C18H20N2O3S. The molecule has 0 atom stereocenters. The van der Waals surface area contributed by atoms with Crippen LogP contribution in [0.3, 0.4) is 0 Å². The Morgan fingerprint density at radius 2 is 1.88 bits per heavy atom. The van der Waals surface area contributed by atoms with E-state index in [0.29, 0.717) is 23.7 Å². The number of benzene rings is 2. The van der Waals surface area contributed by atoms with Crippen molar-refractivity contribution in [2.24, 2.45) is 5.10 Å². The molecule has 0 aliphatic rings. The van der Waals surface area contributed by atoms with Gasteiger partial charge in [-0.3, -0.25) is 4.79 Å². The number of amides is 1. The number of hydrogen-bond acceptors (Lipinski definition) is 5. The van der Waals surface area contributed by atoms with Crippen LogP contribution < -0.4 is 14.9 Å². The highest BCUT2D eigenvalue weighted by atomic mass is 32.2. The van der Waals surface area contributed by atoms with Crippen molar-refractivity contribution >= 4 is 23.9 Å². The lowest BCUT2D eigenvalue weighted by atomic mass is 10.2. The summed E-state index contributed by atoms with van der Waals surface area (Å²) >= 11 is 1.64. The molecule has 2 aromatic rings. The van der Waals surface area contributed by atoms with E-state index in [0.717, 1.165) is 10.5 Å². The molecule has 1 amide bonds. The van der Waals surface area contributed by atoms with E-state index >= 15 is 0 Å². The lowest BCUT2D eigenvalue weighted by molar-refractivity contribution is -0.120. The van der Waals surface area contributed by atoms with Crippen molar-refractivity contribution in [1.29, 1.82) is 0 Å². The molecule has 0 unspecified atom stereocenters. The van der Waals surface area contributed by atoms with Crippen LogP contribution in [0.15, 0.2) is 58.5 Å². The van der Waals surface area contributed by atoms with Gasteiger partial charge in [0.2, 0.25) is 5.91 Å². The predicted octanol–water partition coefficient (Wildman–Crippen LogP) is 3.34. The molecule has 2 aromatic carbocycles. The number of carbonyl (C=O) groups is 1. The predicted molar refractivity (Wildman–Crippen MR) is 97.1 cm³/mol. The van der Waals surface area contributed by atoms with Crippen LogP contribution in [0.1, 0.15) is 12.0 Å². The average molecular weight is 344 g/mol. The molecule has 0 saturated heterocycles. The van der Waals surface area contributed by atoms with Crippen LogP contribution in [0, 0.1) is 0 Å². The fraction of sp³-hybridized carbons (Fsp3) is 0.222. The first-order valence-electron chi connectivity index (χ1n) is 7.44. The van der Waals surface area contributed by atoms with Gasteiger partial charge in [-0.05, 0) is 35.9 Å². The molecule has 0 aromatic heterocycles. The van der Waals surface area contributed by atoms with Crippen LogP contribution in [0.2, 0.25) is 0 Å². The molecule has 0 aliphatic carbocycles. The molecule has 5 nitrogen and oxygen atoms in total. The topological polar surface area (TPSA) is 59.9 Å². The molecule has 0 saturated carbocycles. The molecule has 0 bridgehead atoms. The van der Waals surface area contributed by atoms with Crippen LogP contribution >= 0.6 is 11.8 Å². The second-order valence-electron chi connectivity index (χ2n) is 4.82. The third-order valence-electron chi connectivity index (χ3n) is 3.15. The number of thioether (sulfide) groups is 1. The van der Waals surface area contributed by atoms with E-state index in [9.17, 15) is 4.79 Å². The molecule has 0 spiro atoms. The highest BCUT2D eigenvalue weighted by Gasteiger charge is 2.03. The molecule has 1 N–H and O–H groups in total. The summed E-state index contributed by atoms with van der Waals surface area (Å²) in [5.74, 6) is 1.86. The highest BCUT2D eigenvalue weighted by Crippen LogP contribution is 2.26. The first-order chi connectivity index (χ1) is 11.7. The van der Waals surface area contributed by atoms with Gasteiger partial charge in [-0.15, -0.1) is 11.8 Å². The van der Waals surface area contributed by atoms with E-state index in [2.05, 4.69) is 10.5 Å². The van der Waals surface area contributed by atoms with Crippen molar-refractivity contribution in [1.82, 2.24) is 5.43 Å². The number of methoxy groups -OCH3 is 2. The molecule has 0 radical (unpaired) electrons. The van der Waals surface area contributed by atoms with E-state index in [1.807, 2.05) is 36.4 Å². The Morgan fingerprint density at radius 3 is 2.58 bits per heavy atom. The summed E-state index contributed by atoms with van der Waals surface area (Å²) in [6.45, 7) is 0. The van der Waals surface area contributed by atoms with Crippen molar-refractivity contribution in [3.8, 4) is 11.5 Å². The molecule has 2 rings (SSSR count). The van der Waals surface area contributed by atoms with Crippen molar-refractivity contribution in [2.45, 2.75) is 11.3 Å². The Morgan fingerprint density at radius 1 is 1.12 bits per heavy atom. The summed E-state index contributed by atoms with van der Waals surface area (Å²) in [5.41, 5.74) is 3.34. The lowest BCUT2D eigenvalue weighted by Crippen LogP contribution is -2.17. The van der Waals surface area contributed by atoms with Gasteiger partial charge in [0.1, 0.15) is 0 Å². The monoisotopic (exact) mass is 344 g/mol. The zero-order chi connectivity index (χ0) is 17.2. The third kappa shape index (κ3) is 5.62. The first kappa shape index (κ1) is 17.9. The van der Waals surface area contributed by atoms with Gasteiger partial charge in [-0.2, -0.15) is 5.10 Å². The van der Waals surface area contributed by atoms with Gasteiger partial charge in [-0.1, -0.05) is 18.2 Å². The Bertz CT molecular complexity index is 690. The number of ether oxygens (including phenoxy) is 2. The summed E-state index contributed by atoms with van der Waals surface area (Å²) in [4.78, 5) is 12.9. The smallest absolute Gasteiger partial charge is 0.240 e. The summed E-state index contributed by atoms with van der Waals surface area (Å²) in [6, 6.07) is 15.4. The quantitative estimate of drug-likeness (QED) is 0.453. The summed E-state index contributed by atoms with van der Waals surface area (Å²) in [5, 5.41) is 3.97. The molecule has 6 heteroatoms. The van der Waals surface area contributed by atoms with Crippen LogP contribution in [-0.4, -0.2) is 32.1 Å². The van der Waals surface area contributed by atoms with Crippen molar-refractivity contribution < 1.29 is 14.3 Å². The minimum atomic E-state index is -0.116. The number of nitrogens with zero attached hydrogens (tertiary/aromatic N) is 1. The fourth-order valence-electron chi connectivity index (χ4n) is 1.95. The van der Waals surface area contributed by atoms with E-state index in [-0.39, 0.29) is 5.91 Å². The first-order valence-corrected chi connectivity index (χ1v) is 8.43. The molecule has 0 fully saturated rings. The zero-order valence-corrected chi connectivity index (χ0v) is 14.5. The molecule has 0 aliphatic heterocycles. The van der Waals surface area contributed by atoms with E-state index in [1.165, 1.54) is 0 Å². The minimum Gasteiger partial charge on any atom is -0.493 e. The lowest BCUT2D eigenvalue weighted by Gasteiger charge is -2.07. The second-order valence-corrected chi connectivity index (χ2v) is 5.99. The van der Waals surface area contributed by atoms with Gasteiger partial charge < -0.3 is 9.47 Å². The minimum absolute atomic E-state index is 0.116. The van der Waals surface area contributed by atoms with Crippen LogP contribution in [0.5, 0.6) is 11.5 Å². The Labute approximate surface area is 146 Å². The van der Waals surface area contributed by atoms with Gasteiger partial charge in [0.15, 0.2) is 11.5 Å². The third-order valence-corrected chi connectivity index (χ3v) is 4.17. The van der Waals surface area contributed by atoms with Gasteiger partial charge in [-0.25, -0.2) is 5.43 Å². The summed E-state index contributed by atoms with van der Waals surface area (Å²) in [6.07, 6.45) is 1.98. The Balaban J connectivity index is 1.77. The number of hydrazone groups is 1. The fourth-order valence-corrected chi connectivity index (χ4v) is 2.82. The van der Waals surface area contributed by atoms with Crippen molar-refractivity contribution in [3.63, 3.8) is 0 Å². The van der Waals surface area contributed by atoms with E-state index in [4.69, 9.17) is 9.47 Å². The highest BCUT2D eigenvalue weighted by molar-refractivity contribution is 7.99. The number of rotatable bonds is 8. The van der Waals surface area contributed by atoms with E-state index in [1.54, 1.807) is 44.3 Å². The maximum absolute atomic E-state index is 11.8. The summed E-state index contributed by atoms with van der Waals surface area (Å²) in [7, 11) is 3.16. The average Bonchev–Trinajstić information content (AvgIpc) is 2.62. The maximum atomic E-state index is 11.8.